The first kappa shape index (κ1) is 9.34. The van der Waals surface area contributed by atoms with Crippen molar-refractivity contribution in [2.45, 2.75) is 0 Å². The monoisotopic (exact) mass is 209 g/mol. The number of carbonyl (C=O) groups excluding carboxylic acids is 1. The summed E-state index contributed by atoms with van der Waals surface area (Å²) in [7, 11) is 0. The fraction of sp³-hybridized carbons (Fsp3) is 0.143. The highest BCUT2D eigenvalue weighted by Gasteiger charge is 2.10. The molecule has 0 aromatic carbocycles. The van der Waals surface area contributed by atoms with Crippen molar-refractivity contribution in [2.75, 3.05) is 6.54 Å². The normalized spacial score (nSPS) is 10.5. The lowest BCUT2D eigenvalue weighted by Crippen LogP contribution is -2.27. The van der Waals surface area contributed by atoms with Crippen molar-refractivity contribution in [3.05, 3.63) is 22.9 Å². The van der Waals surface area contributed by atoms with Gasteiger partial charge in [-0.3, -0.25) is 4.79 Å². The Hall–Kier alpha value is -2.22. The van der Waals surface area contributed by atoms with Crippen LogP contribution in [-0.4, -0.2) is 32.4 Å². The van der Waals surface area contributed by atoms with Crippen molar-refractivity contribution in [2.24, 2.45) is 5.73 Å². The maximum atomic E-state index is 11.2. The van der Waals surface area contributed by atoms with Crippen LogP contribution in [0.5, 0.6) is 0 Å². The molecule has 2 aromatic rings. The molecule has 0 bridgehead atoms. The average molecular weight is 209 g/mol. The van der Waals surface area contributed by atoms with Crippen LogP contribution in [0.25, 0.3) is 11.0 Å². The highest BCUT2D eigenvalue weighted by Crippen LogP contribution is 2.01. The van der Waals surface area contributed by atoms with E-state index in [4.69, 9.17) is 10.6 Å². The van der Waals surface area contributed by atoms with Crippen molar-refractivity contribution < 1.29 is 9.63 Å². The minimum absolute atomic E-state index is 0.167. The second-order valence-corrected chi connectivity index (χ2v) is 2.65. The molecule has 78 valence electrons. The zero-order chi connectivity index (χ0) is 10.8. The van der Waals surface area contributed by atoms with Gasteiger partial charge in [0.2, 0.25) is 5.65 Å². The minimum atomic E-state index is -0.665. The van der Waals surface area contributed by atoms with Gasteiger partial charge in [-0.2, -0.15) is 0 Å². The van der Waals surface area contributed by atoms with Crippen molar-refractivity contribution in [3.8, 4) is 0 Å². The Kier molecular flexibility index (Phi) is 2.18. The van der Waals surface area contributed by atoms with Crippen LogP contribution in [-0.2, 0) is 4.79 Å². The fourth-order valence-electron chi connectivity index (χ4n) is 1.04. The number of H-pyrrole nitrogens is 1. The molecule has 2 aromatic heterocycles. The number of aromatic amines is 1. The van der Waals surface area contributed by atoms with E-state index in [9.17, 15) is 9.59 Å². The molecule has 2 heterocycles. The van der Waals surface area contributed by atoms with E-state index in [2.05, 4.69) is 15.1 Å². The van der Waals surface area contributed by atoms with Gasteiger partial charge in [0.05, 0.1) is 19.1 Å². The highest BCUT2D eigenvalue weighted by molar-refractivity contribution is 5.75. The molecule has 15 heavy (non-hydrogen) atoms. The molecular formula is C7H7N5O3. The van der Waals surface area contributed by atoms with E-state index in [0.29, 0.717) is 0 Å². The van der Waals surface area contributed by atoms with E-state index in [1.165, 1.54) is 12.5 Å². The third kappa shape index (κ3) is 1.57. The molecule has 0 spiro atoms. The molecule has 0 aliphatic rings. The van der Waals surface area contributed by atoms with E-state index >= 15 is 0 Å². The molecule has 8 heteroatoms. The van der Waals surface area contributed by atoms with Gasteiger partial charge in [-0.15, -0.1) is 5.10 Å². The summed E-state index contributed by atoms with van der Waals surface area (Å²) in [5, 5.41) is 3.92. The number of carbonyl (C=O) groups is 1. The lowest BCUT2D eigenvalue weighted by molar-refractivity contribution is -0.143. The Balaban J connectivity index is 2.50. The number of nitrogens with zero attached hydrogens (tertiary/aromatic N) is 3. The molecule has 0 amide bonds. The van der Waals surface area contributed by atoms with Crippen molar-refractivity contribution in [3.63, 3.8) is 0 Å². The number of fused-ring (bicyclic) bond motifs is 1. The molecule has 0 aliphatic heterocycles. The summed E-state index contributed by atoms with van der Waals surface area (Å²) in [5.74, 6) is -0.665. The van der Waals surface area contributed by atoms with Crippen LogP contribution >= 0.6 is 0 Å². The lowest BCUT2D eigenvalue weighted by Gasteiger charge is -2.00. The van der Waals surface area contributed by atoms with Gasteiger partial charge in [-0.05, 0) is 0 Å². The zero-order valence-electron chi connectivity index (χ0n) is 7.51. The molecular weight excluding hydrogens is 202 g/mol. The molecule has 0 fully saturated rings. The number of nitrogens with two attached hydrogens (primary N) is 1. The van der Waals surface area contributed by atoms with Crippen LogP contribution in [0.15, 0.2) is 17.3 Å². The van der Waals surface area contributed by atoms with Gasteiger partial charge in [0.15, 0.2) is 0 Å². The summed E-state index contributed by atoms with van der Waals surface area (Å²) in [4.78, 5) is 33.9. The summed E-state index contributed by atoms with van der Waals surface area (Å²) < 4.78 is 0. The Morgan fingerprint density at radius 2 is 2.47 bits per heavy atom. The van der Waals surface area contributed by atoms with Crippen molar-refractivity contribution >= 4 is 17.0 Å². The van der Waals surface area contributed by atoms with E-state index in [-0.39, 0.29) is 23.1 Å². The van der Waals surface area contributed by atoms with Gasteiger partial charge in [0.25, 0.3) is 5.56 Å². The average Bonchev–Trinajstić information content (AvgIpc) is 2.63. The summed E-state index contributed by atoms with van der Waals surface area (Å²) in [6.45, 7) is -0.273. The Labute approximate surface area is 82.6 Å². The number of rotatable bonds is 2. The van der Waals surface area contributed by atoms with Gasteiger partial charge >= 0.3 is 5.97 Å². The number of nitrogens with one attached hydrogen (secondary N) is 1. The largest absolute Gasteiger partial charge is 0.348 e. The summed E-state index contributed by atoms with van der Waals surface area (Å²) in [6, 6.07) is 0. The molecule has 3 N–H and O–H groups in total. The predicted octanol–water partition coefficient (Wildman–Crippen LogP) is -1.97. The number of aromatic nitrogens is 4. The Bertz CT molecular complexity index is 557. The van der Waals surface area contributed by atoms with Gasteiger partial charge in [-0.25, -0.2) is 9.78 Å². The van der Waals surface area contributed by atoms with E-state index < -0.39 is 5.97 Å². The van der Waals surface area contributed by atoms with Gasteiger partial charge in [-0.1, -0.05) is 4.85 Å². The summed E-state index contributed by atoms with van der Waals surface area (Å²) in [6.07, 6.45) is 2.45. The topological polar surface area (TPSA) is 116 Å². The molecule has 0 aliphatic carbocycles. The molecule has 2 rings (SSSR count). The number of hydrogen-bond acceptors (Lipinski definition) is 6. The maximum absolute atomic E-state index is 11.2. The van der Waals surface area contributed by atoms with Crippen LogP contribution in [0, 0.1) is 0 Å². The number of hydrogen-bond donors (Lipinski definition) is 2. The zero-order valence-corrected chi connectivity index (χ0v) is 7.51. The highest BCUT2D eigenvalue weighted by atomic mass is 16.7. The van der Waals surface area contributed by atoms with Crippen molar-refractivity contribution in [1.82, 2.24) is 19.9 Å². The van der Waals surface area contributed by atoms with E-state index in [1.54, 1.807) is 0 Å². The molecule has 0 radical (unpaired) electrons. The Morgan fingerprint density at radius 1 is 1.67 bits per heavy atom. The SMILES string of the molecule is NCC(=O)On1ncc2c(=O)[nH]cnc21. The minimum Gasteiger partial charge on any atom is -0.321 e. The van der Waals surface area contributed by atoms with Crippen molar-refractivity contribution in [1.29, 1.82) is 0 Å². The van der Waals surface area contributed by atoms with Crippen LogP contribution < -0.4 is 16.1 Å². The third-order valence-corrected chi connectivity index (χ3v) is 1.70. The first-order chi connectivity index (χ1) is 7.22. The lowest BCUT2D eigenvalue weighted by atomic mass is 10.4. The quantitative estimate of drug-likeness (QED) is 0.592. The summed E-state index contributed by atoms with van der Waals surface area (Å²) in [5.41, 5.74) is 4.87. The second kappa shape index (κ2) is 3.50. The first-order valence-electron chi connectivity index (χ1n) is 4.05. The van der Waals surface area contributed by atoms with E-state index in [1.807, 2.05) is 0 Å². The first-order valence-corrected chi connectivity index (χ1v) is 4.05. The molecule has 0 saturated heterocycles. The van der Waals surface area contributed by atoms with Crippen LogP contribution in [0.2, 0.25) is 0 Å². The van der Waals surface area contributed by atoms with Crippen LogP contribution in [0.3, 0.4) is 0 Å². The van der Waals surface area contributed by atoms with Gasteiger partial charge in [0, 0.05) is 0 Å². The standard InChI is InChI=1S/C7H7N5O3/c8-1-5(13)15-12-6-4(2-11-12)7(14)10-3-9-6/h2-3H,1,8H2,(H,9,10,14). The molecule has 0 atom stereocenters. The third-order valence-electron chi connectivity index (χ3n) is 1.70. The molecule has 0 saturated carbocycles. The Morgan fingerprint density at radius 3 is 3.20 bits per heavy atom. The predicted molar refractivity (Wildman–Crippen MR) is 48.8 cm³/mol. The fourth-order valence-corrected chi connectivity index (χ4v) is 1.04. The van der Waals surface area contributed by atoms with E-state index in [0.717, 1.165) is 4.85 Å². The molecule has 0 unspecified atom stereocenters. The second-order valence-electron chi connectivity index (χ2n) is 2.65. The smallest absolute Gasteiger partial charge is 0.321 e. The van der Waals surface area contributed by atoms with Crippen LogP contribution in [0.4, 0.5) is 0 Å². The van der Waals surface area contributed by atoms with Crippen LogP contribution in [0.1, 0.15) is 0 Å². The van der Waals surface area contributed by atoms with Gasteiger partial charge < -0.3 is 15.6 Å². The van der Waals surface area contributed by atoms with Gasteiger partial charge in [0.1, 0.15) is 5.39 Å². The molecule has 8 nitrogen and oxygen atoms in total. The maximum Gasteiger partial charge on any atom is 0.348 e. The summed E-state index contributed by atoms with van der Waals surface area (Å²) >= 11 is 0.